The van der Waals surface area contributed by atoms with Crippen LogP contribution in [0.3, 0.4) is 0 Å². The van der Waals surface area contributed by atoms with E-state index >= 15 is 0 Å². The van der Waals surface area contributed by atoms with Gasteiger partial charge >= 0.3 is 5.97 Å². The lowest BCUT2D eigenvalue weighted by Gasteiger charge is -2.18. The van der Waals surface area contributed by atoms with Crippen LogP contribution in [-0.4, -0.2) is 38.2 Å². The van der Waals surface area contributed by atoms with Crippen LogP contribution in [-0.2, 0) is 25.5 Å². The molecular weight excluding hydrogens is 306 g/mol. The van der Waals surface area contributed by atoms with E-state index in [1.54, 1.807) is 0 Å². The van der Waals surface area contributed by atoms with E-state index in [1.807, 2.05) is 42.5 Å². The molecule has 0 bridgehead atoms. The summed E-state index contributed by atoms with van der Waals surface area (Å²) in [6, 6.07) is 13.4. The molecule has 5 nitrogen and oxygen atoms in total. The molecule has 5 heteroatoms. The van der Waals surface area contributed by atoms with Gasteiger partial charge in [0, 0.05) is 13.0 Å². The van der Waals surface area contributed by atoms with Crippen molar-refractivity contribution in [2.75, 3.05) is 20.3 Å². The van der Waals surface area contributed by atoms with Crippen LogP contribution in [0.2, 0.25) is 0 Å². The third kappa shape index (κ3) is 3.74. The SMILES string of the molecule is COC(=O)[C@H](Cc1ccc2ccccc2c1)NC(=O)[C@H]1CCOC1. The monoisotopic (exact) mass is 327 g/mol. The third-order valence-electron chi connectivity index (χ3n) is 4.36. The number of rotatable bonds is 5. The molecule has 1 saturated heterocycles. The summed E-state index contributed by atoms with van der Waals surface area (Å²) in [6.45, 7) is 1.00. The fourth-order valence-electron chi connectivity index (χ4n) is 2.97. The quantitative estimate of drug-likeness (QED) is 0.854. The molecule has 1 aliphatic rings. The molecule has 0 spiro atoms. The van der Waals surface area contributed by atoms with E-state index in [1.165, 1.54) is 7.11 Å². The lowest BCUT2D eigenvalue weighted by molar-refractivity contribution is -0.145. The smallest absolute Gasteiger partial charge is 0.328 e. The molecule has 2 aromatic carbocycles. The van der Waals surface area contributed by atoms with E-state index in [0.29, 0.717) is 26.1 Å². The fraction of sp³-hybridized carbons (Fsp3) is 0.368. The number of carbonyl (C=O) groups is 2. The number of esters is 1. The highest BCUT2D eigenvalue weighted by Crippen LogP contribution is 2.18. The van der Waals surface area contributed by atoms with Crippen LogP contribution >= 0.6 is 0 Å². The summed E-state index contributed by atoms with van der Waals surface area (Å²) in [5, 5.41) is 5.06. The third-order valence-corrected chi connectivity index (χ3v) is 4.36. The minimum atomic E-state index is -0.690. The van der Waals surface area contributed by atoms with Crippen molar-refractivity contribution in [1.29, 1.82) is 0 Å². The highest BCUT2D eigenvalue weighted by Gasteiger charge is 2.28. The van der Waals surface area contributed by atoms with Gasteiger partial charge in [0.05, 0.1) is 19.6 Å². The predicted molar refractivity (Wildman–Crippen MR) is 90.5 cm³/mol. The largest absolute Gasteiger partial charge is 0.467 e. The molecule has 1 amide bonds. The van der Waals surface area contributed by atoms with E-state index in [0.717, 1.165) is 16.3 Å². The Balaban J connectivity index is 1.75. The van der Waals surface area contributed by atoms with E-state index in [-0.39, 0.29) is 11.8 Å². The van der Waals surface area contributed by atoms with Crippen LogP contribution in [0, 0.1) is 5.92 Å². The van der Waals surface area contributed by atoms with Crippen molar-refractivity contribution in [3.8, 4) is 0 Å². The number of hydrogen-bond donors (Lipinski definition) is 1. The van der Waals surface area contributed by atoms with Crippen LogP contribution in [0.5, 0.6) is 0 Å². The van der Waals surface area contributed by atoms with Gasteiger partial charge in [0.1, 0.15) is 6.04 Å². The number of fused-ring (bicyclic) bond motifs is 1. The summed E-state index contributed by atoms with van der Waals surface area (Å²) >= 11 is 0. The van der Waals surface area contributed by atoms with E-state index < -0.39 is 12.0 Å². The highest BCUT2D eigenvalue weighted by atomic mass is 16.5. The first kappa shape index (κ1) is 16.5. The van der Waals surface area contributed by atoms with Gasteiger partial charge in [-0.1, -0.05) is 42.5 Å². The van der Waals surface area contributed by atoms with Crippen molar-refractivity contribution < 1.29 is 19.1 Å². The molecule has 0 saturated carbocycles. The van der Waals surface area contributed by atoms with Crippen LogP contribution in [0.4, 0.5) is 0 Å². The van der Waals surface area contributed by atoms with Gasteiger partial charge in [0.15, 0.2) is 0 Å². The van der Waals surface area contributed by atoms with Crippen molar-refractivity contribution in [2.45, 2.75) is 18.9 Å². The molecular formula is C19H21NO4. The summed E-state index contributed by atoms with van der Waals surface area (Å²) in [5.41, 5.74) is 0.979. The maximum atomic E-state index is 12.3. The highest BCUT2D eigenvalue weighted by molar-refractivity contribution is 5.87. The first-order chi connectivity index (χ1) is 11.7. The Morgan fingerprint density at radius 3 is 2.75 bits per heavy atom. The van der Waals surface area contributed by atoms with E-state index in [9.17, 15) is 9.59 Å². The molecule has 1 heterocycles. The van der Waals surface area contributed by atoms with Gasteiger partial charge in [-0.15, -0.1) is 0 Å². The minimum absolute atomic E-state index is 0.149. The normalized spacial score (nSPS) is 18.3. The second kappa shape index (κ2) is 7.45. The zero-order chi connectivity index (χ0) is 16.9. The van der Waals surface area contributed by atoms with Gasteiger partial charge in [0.2, 0.25) is 5.91 Å². The van der Waals surface area contributed by atoms with Crippen molar-refractivity contribution >= 4 is 22.6 Å². The Bertz CT molecular complexity index is 737. The van der Waals surface area contributed by atoms with Gasteiger partial charge in [-0.25, -0.2) is 4.79 Å². The average molecular weight is 327 g/mol. The molecule has 0 aromatic heterocycles. The number of methoxy groups -OCH3 is 1. The topological polar surface area (TPSA) is 64.6 Å². The van der Waals surface area contributed by atoms with Crippen LogP contribution in [0.25, 0.3) is 10.8 Å². The second-order valence-corrected chi connectivity index (χ2v) is 6.03. The van der Waals surface area contributed by atoms with Crippen LogP contribution in [0.15, 0.2) is 42.5 Å². The molecule has 3 rings (SSSR count). The van der Waals surface area contributed by atoms with Gasteiger partial charge < -0.3 is 14.8 Å². The Morgan fingerprint density at radius 1 is 1.25 bits per heavy atom. The summed E-state index contributed by atoms with van der Waals surface area (Å²) in [6.07, 6.45) is 1.09. The Morgan fingerprint density at radius 2 is 2.04 bits per heavy atom. The minimum Gasteiger partial charge on any atom is -0.467 e. The number of ether oxygens (including phenoxy) is 2. The van der Waals surface area contributed by atoms with Gasteiger partial charge in [-0.3, -0.25) is 4.79 Å². The lowest BCUT2D eigenvalue weighted by Crippen LogP contribution is -2.45. The number of hydrogen-bond acceptors (Lipinski definition) is 4. The van der Waals surface area contributed by atoms with Crippen molar-refractivity contribution in [2.24, 2.45) is 5.92 Å². The van der Waals surface area contributed by atoms with Crippen LogP contribution < -0.4 is 5.32 Å². The predicted octanol–water partition coefficient (Wildman–Crippen LogP) is 2.08. The molecule has 2 aromatic rings. The average Bonchev–Trinajstić information content (AvgIpc) is 3.15. The number of benzene rings is 2. The molecule has 24 heavy (non-hydrogen) atoms. The summed E-state index contributed by atoms with van der Waals surface area (Å²) < 4.78 is 10.1. The molecule has 126 valence electrons. The zero-order valence-electron chi connectivity index (χ0n) is 13.7. The first-order valence-corrected chi connectivity index (χ1v) is 8.11. The Kier molecular flexibility index (Phi) is 5.11. The lowest BCUT2D eigenvalue weighted by atomic mass is 10.0. The molecule has 0 aliphatic carbocycles. The number of carbonyl (C=O) groups excluding carboxylic acids is 2. The molecule has 1 N–H and O–H groups in total. The van der Waals surface area contributed by atoms with Crippen LogP contribution in [0.1, 0.15) is 12.0 Å². The first-order valence-electron chi connectivity index (χ1n) is 8.11. The Hall–Kier alpha value is -2.40. The molecule has 0 radical (unpaired) electrons. The molecule has 0 unspecified atom stereocenters. The Labute approximate surface area is 140 Å². The summed E-state index contributed by atoms with van der Waals surface area (Å²) in [5.74, 6) is -0.770. The molecule has 1 fully saturated rings. The van der Waals surface area contributed by atoms with Gasteiger partial charge in [0.25, 0.3) is 0 Å². The number of amides is 1. The fourth-order valence-corrected chi connectivity index (χ4v) is 2.97. The number of nitrogens with one attached hydrogen (secondary N) is 1. The van der Waals surface area contributed by atoms with Crippen molar-refractivity contribution in [3.05, 3.63) is 48.0 Å². The zero-order valence-corrected chi connectivity index (χ0v) is 13.7. The van der Waals surface area contributed by atoms with Crippen molar-refractivity contribution in [3.63, 3.8) is 0 Å². The second-order valence-electron chi connectivity index (χ2n) is 6.03. The summed E-state index contributed by atoms with van der Waals surface area (Å²) in [4.78, 5) is 24.3. The van der Waals surface area contributed by atoms with E-state index in [2.05, 4.69) is 5.32 Å². The van der Waals surface area contributed by atoms with E-state index in [4.69, 9.17) is 9.47 Å². The van der Waals surface area contributed by atoms with Crippen molar-refractivity contribution in [1.82, 2.24) is 5.32 Å². The molecule has 2 atom stereocenters. The standard InChI is InChI=1S/C19H21NO4/c1-23-19(22)17(20-18(21)16-8-9-24-12-16)11-13-6-7-14-4-2-3-5-15(14)10-13/h2-7,10,16-17H,8-9,11-12H2,1H3,(H,20,21)/t16-,17-/m0/s1. The van der Waals surface area contributed by atoms with Gasteiger partial charge in [-0.05, 0) is 22.8 Å². The maximum Gasteiger partial charge on any atom is 0.328 e. The molecule has 1 aliphatic heterocycles. The van der Waals surface area contributed by atoms with Gasteiger partial charge in [-0.2, -0.15) is 0 Å². The summed E-state index contributed by atoms with van der Waals surface area (Å²) in [7, 11) is 1.33. The maximum absolute atomic E-state index is 12.3.